The van der Waals surface area contributed by atoms with Crippen LogP contribution in [0.3, 0.4) is 0 Å². The van der Waals surface area contributed by atoms with Crippen molar-refractivity contribution in [3.63, 3.8) is 0 Å². The third-order valence-electron chi connectivity index (χ3n) is 3.23. The first-order valence-electron chi connectivity index (χ1n) is 7.11. The lowest BCUT2D eigenvalue weighted by atomic mass is 10.2. The number of thiazole rings is 1. The van der Waals surface area contributed by atoms with Gasteiger partial charge in [-0.1, -0.05) is 41.7 Å². The molecular weight excluding hydrogens is 280 g/mol. The molecular formula is C17H18N2OS. The van der Waals surface area contributed by atoms with Crippen LogP contribution in [0.5, 0.6) is 5.75 Å². The predicted molar refractivity (Wildman–Crippen MR) is 89.4 cm³/mol. The van der Waals surface area contributed by atoms with Crippen LogP contribution in [0.4, 0.5) is 5.13 Å². The van der Waals surface area contributed by atoms with Gasteiger partial charge in [0.15, 0.2) is 5.13 Å². The average molecular weight is 298 g/mol. The van der Waals surface area contributed by atoms with Gasteiger partial charge in [0.25, 0.3) is 0 Å². The van der Waals surface area contributed by atoms with Crippen molar-refractivity contribution < 1.29 is 4.74 Å². The Kier molecular flexibility index (Phi) is 4.36. The van der Waals surface area contributed by atoms with Crippen LogP contribution in [0, 0.1) is 6.92 Å². The number of rotatable bonds is 6. The van der Waals surface area contributed by atoms with Crippen LogP contribution in [-0.4, -0.2) is 18.1 Å². The number of para-hydroxylation sites is 2. The summed E-state index contributed by atoms with van der Waals surface area (Å²) in [7, 11) is 0. The van der Waals surface area contributed by atoms with Gasteiger partial charge in [0.05, 0.1) is 16.8 Å². The van der Waals surface area contributed by atoms with Crippen molar-refractivity contribution in [2.24, 2.45) is 0 Å². The summed E-state index contributed by atoms with van der Waals surface area (Å²) in [6.45, 7) is 3.67. The molecule has 0 atom stereocenters. The van der Waals surface area contributed by atoms with Crippen LogP contribution in [0.25, 0.3) is 10.2 Å². The van der Waals surface area contributed by atoms with Crippen molar-refractivity contribution in [2.75, 3.05) is 18.5 Å². The summed E-state index contributed by atoms with van der Waals surface area (Å²) in [4.78, 5) is 4.63. The van der Waals surface area contributed by atoms with Crippen LogP contribution < -0.4 is 10.1 Å². The van der Waals surface area contributed by atoms with Crippen LogP contribution in [0.1, 0.15) is 12.0 Å². The summed E-state index contributed by atoms with van der Waals surface area (Å²) >= 11 is 1.70. The van der Waals surface area contributed by atoms with Crippen molar-refractivity contribution in [1.82, 2.24) is 4.98 Å². The van der Waals surface area contributed by atoms with E-state index in [4.69, 9.17) is 4.74 Å². The van der Waals surface area contributed by atoms with Crippen molar-refractivity contribution in [2.45, 2.75) is 13.3 Å². The third-order valence-corrected chi connectivity index (χ3v) is 4.21. The lowest BCUT2D eigenvalue weighted by Gasteiger charge is -2.06. The van der Waals surface area contributed by atoms with E-state index in [0.717, 1.165) is 29.4 Å². The number of anilines is 1. The second kappa shape index (κ2) is 6.59. The van der Waals surface area contributed by atoms with E-state index >= 15 is 0 Å². The van der Waals surface area contributed by atoms with Crippen molar-refractivity contribution in [3.05, 3.63) is 54.1 Å². The smallest absolute Gasteiger partial charge is 0.183 e. The third kappa shape index (κ3) is 3.52. The Bertz CT molecular complexity index is 709. The van der Waals surface area contributed by atoms with Gasteiger partial charge in [-0.2, -0.15) is 0 Å². The van der Waals surface area contributed by atoms with Crippen molar-refractivity contribution in [1.29, 1.82) is 0 Å². The highest BCUT2D eigenvalue weighted by molar-refractivity contribution is 7.22. The van der Waals surface area contributed by atoms with E-state index in [9.17, 15) is 0 Å². The summed E-state index contributed by atoms with van der Waals surface area (Å²) in [6, 6.07) is 16.2. The molecule has 0 bridgehead atoms. The highest BCUT2D eigenvalue weighted by Crippen LogP contribution is 2.27. The maximum atomic E-state index is 5.66. The van der Waals surface area contributed by atoms with E-state index in [1.165, 1.54) is 10.3 Å². The minimum absolute atomic E-state index is 0.709. The SMILES string of the molecule is Cc1cccc2sc(NCCCOc3ccccc3)nc12. The quantitative estimate of drug-likeness (QED) is 0.681. The lowest BCUT2D eigenvalue weighted by molar-refractivity contribution is 0.315. The van der Waals surface area contributed by atoms with E-state index in [0.29, 0.717) is 6.61 Å². The van der Waals surface area contributed by atoms with E-state index < -0.39 is 0 Å². The van der Waals surface area contributed by atoms with Crippen LogP contribution in [0.15, 0.2) is 48.5 Å². The average Bonchev–Trinajstić information content (AvgIpc) is 2.92. The fourth-order valence-electron chi connectivity index (χ4n) is 2.14. The summed E-state index contributed by atoms with van der Waals surface area (Å²) in [5.41, 5.74) is 2.33. The molecule has 21 heavy (non-hydrogen) atoms. The molecule has 4 heteroatoms. The monoisotopic (exact) mass is 298 g/mol. The molecule has 2 aromatic carbocycles. The molecule has 0 amide bonds. The summed E-state index contributed by atoms with van der Waals surface area (Å²) in [5, 5.41) is 4.36. The molecule has 0 unspecified atom stereocenters. The Morgan fingerprint density at radius 2 is 1.95 bits per heavy atom. The Labute approximate surface area is 128 Å². The van der Waals surface area contributed by atoms with Gasteiger partial charge < -0.3 is 10.1 Å². The topological polar surface area (TPSA) is 34.1 Å². The number of benzene rings is 2. The van der Waals surface area contributed by atoms with Crippen LogP contribution in [-0.2, 0) is 0 Å². The first-order valence-corrected chi connectivity index (χ1v) is 7.92. The molecule has 108 valence electrons. The fourth-order valence-corrected chi connectivity index (χ4v) is 3.11. The van der Waals surface area contributed by atoms with Gasteiger partial charge in [-0.25, -0.2) is 4.98 Å². The number of ether oxygens (including phenoxy) is 1. The number of fused-ring (bicyclic) bond motifs is 1. The lowest BCUT2D eigenvalue weighted by Crippen LogP contribution is -2.06. The molecule has 0 aliphatic carbocycles. The van der Waals surface area contributed by atoms with Gasteiger partial charge in [0.1, 0.15) is 5.75 Å². The molecule has 0 aliphatic heterocycles. The largest absolute Gasteiger partial charge is 0.494 e. The van der Waals surface area contributed by atoms with Gasteiger partial charge in [0.2, 0.25) is 0 Å². The molecule has 0 aliphatic rings. The second-order valence-electron chi connectivity index (χ2n) is 4.88. The molecule has 3 rings (SSSR count). The molecule has 1 heterocycles. The standard InChI is InChI=1S/C17H18N2OS/c1-13-7-5-10-15-16(13)19-17(21-15)18-11-6-12-20-14-8-3-2-4-9-14/h2-5,7-10H,6,11-12H2,1H3,(H,18,19). The molecule has 0 spiro atoms. The van der Waals surface area contributed by atoms with E-state index in [1.54, 1.807) is 11.3 Å². The van der Waals surface area contributed by atoms with Gasteiger partial charge in [-0.05, 0) is 37.1 Å². The van der Waals surface area contributed by atoms with Crippen LogP contribution >= 0.6 is 11.3 Å². The Hall–Kier alpha value is -2.07. The normalized spacial score (nSPS) is 10.7. The fraction of sp³-hybridized carbons (Fsp3) is 0.235. The molecule has 3 aromatic rings. The maximum absolute atomic E-state index is 5.66. The number of hydrogen-bond donors (Lipinski definition) is 1. The van der Waals surface area contributed by atoms with Crippen molar-refractivity contribution in [3.8, 4) is 5.75 Å². The number of aromatic nitrogens is 1. The van der Waals surface area contributed by atoms with E-state index in [2.05, 4.69) is 35.4 Å². The Morgan fingerprint density at radius 3 is 2.76 bits per heavy atom. The minimum atomic E-state index is 0.709. The number of nitrogens with zero attached hydrogens (tertiary/aromatic N) is 1. The predicted octanol–water partition coefficient (Wildman–Crippen LogP) is 4.49. The number of aryl methyl sites for hydroxylation is 1. The number of hydrogen-bond acceptors (Lipinski definition) is 4. The van der Waals surface area contributed by atoms with Crippen LogP contribution in [0.2, 0.25) is 0 Å². The second-order valence-corrected chi connectivity index (χ2v) is 5.91. The maximum Gasteiger partial charge on any atom is 0.183 e. The number of nitrogens with one attached hydrogen (secondary N) is 1. The molecule has 1 N–H and O–H groups in total. The molecule has 0 radical (unpaired) electrons. The molecule has 0 saturated carbocycles. The Balaban J connectivity index is 1.47. The first kappa shape index (κ1) is 13.9. The zero-order chi connectivity index (χ0) is 14.5. The van der Waals surface area contributed by atoms with Gasteiger partial charge in [-0.15, -0.1) is 0 Å². The summed E-state index contributed by atoms with van der Waals surface area (Å²) < 4.78 is 6.90. The minimum Gasteiger partial charge on any atom is -0.494 e. The molecule has 1 aromatic heterocycles. The van der Waals surface area contributed by atoms with Gasteiger partial charge in [-0.3, -0.25) is 0 Å². The van der Waals surface area contributed by atoms with Gasteiger partial charge >= 0.3 is 0 Å². The summed E-state index contributed by atoms with van der Waals surface area (Å²) in [6.07, 6.45) is 0.948. The van der Waals surface area contributed by atoms with E-state index in [1.807, 2.05) is 30.3 Å². The van der Waals surface area contributed by atoms with Crippen molar-refractivity contribution >= 4 is 26.7 Å². The molecule has 3 nitrogen and oxygen atoms in total. The van der Waals surface area contributed by atoms with Gasteiger partial charge in [0, 0.05) is 6.54 Å². The Morgan fingerprint density at radius 1 is 1.10 bits per heavy atom. The highest BCUT2D eigenvalue weighted by atomic mass is 32.1. The first-order chi connectivity index (χ1) is 10.3. The van der Waals surface area contributed by atoms with E-state index in [-0.39, 0.29) is 0 Å². The summed E-state index contributed by atoms with van der Waals surface area (Å²) in [5.74, 6) is 0.924. The zero-order valence-corrected chi connectivity index (χ0v) is 12.8. The molecule has 0 fully saturated rings. The molecule has 0 saturated heterocycles. The zero-order valence-electron chi connectivity index (χ0n) is 12.0. The highest BCUT2D eigenvalue weighted by Gasteiger charge is 2.04.